The largest absolute Gasteiger partial charge is 0.493 e. The molecule has 0 N–H and O–H groups in total. The van der Waals surface area contributed by atoms with Crippen molar-refractivity contribution in [3.8, 4) is 23.0 Å². The number of aromatic nitrogens is 3. The van der Waals surface area contributed by atoms with E-state index < -0.39 is 0 Å². The fourth-order valence-corrected chi connectivity index (χ4v) is 6.58. The van der Waals surface area contributed by atoms with Gasteiger partial charge in [-0.15, -0.1) is 0 Å². The zero-order chi connectivity index (χ0) is 32.1. The van der Waals surface area contributed by atoms with Crippen LogP contribution in [0.3, 0.4) is 0 Å². The number of morpholine rings is 1. The van der Waals surface area contributed by atoms with E-state index >= 15 is 0 Å². The highest BCUT2D eigenvalue weighted by Gasteiger charge is 2.44. The zero-order valence-electron chi connectivity index (χ0n) is 26.9. The molecule has 47 heavy (non-hydrogen) atoms. The van der Waals surface area contributed by atoms with Gasteiger partial charge >= 0.3 is 0 Å². The molecule has 1 spiro atoms. The van der Waals surface area contributed by atoms with Gasteiger partial charge in [-0.1, -0.05) is 0 Å². The Balaban J connectivity index is 0.961. The number of benzene rings is 1. The lowest BCUT2D eigenvalue weighted by molar-refractivity contribution is -0.000198. The van der Waals surface area contributed by atoms with Gasteiger partial charge in [0.1, 0.15) is 17.2 Å². The molecule has 3 aromatic heterocycles. The number of hydrogen-bond donors (Lipinski definition) is 0. The quantitative estimate of drug-likeness (QED) is 0.155. The van der Waals surface area contributed by atoms with E-state index in [9.17, 15) is 4.79 Å². The van der Waals surface area contributed by atoms with Crippen LogP contribution in [-0.4, -0.2) is 98.5 Å². The highest BCUT2D eigenvalue weighted by Crippen LogP contribution is 2.42. The van der Waals surface area contributed by atoms with Crippen molar-refractivity contribution >= 4 is 22.4 Å². The van der Waals surface area contributed by atoms with Crippen LogP contribution in [0.25, 0.3) is 10.9 Å². The van der Waals surface area contributed by atoms with Gasteiger partial charge in [0.2, 0.25) is 0 Å². The highest BCUT2D eigenvalue weighted by atomic mass is 16.5. The first kappa shape index (κ1) is 31.3. The van der Waals surface area contributed by atoms with Crippen molar-refractivity contribution in [2.24, 2.45) is 5.41 Å². The maximum absolute atomic E-state index is 13.2. The van der Waals surface area contributed by atoms with Crippen molar-refractivity contribution in [2.45, 2.75) is 25.7 Å². The molecule has 4 aromatic rings. The van der Waals surface area contributed by atoms with E-state index in [0.29, 0.717) is 46.4 Å². The van der Waals surface area contributed by atoms with Gasteiger partial charge in [-0.05, 0) is 55.7 Å². The summed E-state index contributed by atoms with van der Waals surface area (Å²) in [5, 5.41) is 0.792. The summed E-state index contributed by atoms with van der Waals surface area (Å²) < 4.78 is 29.0. The Bertz CT molecular complexity index is 1680. The number of Topliss-reactive ketones (excluding diaryl/α,β-unsaturated/α-hetero) is 1. The van der Waals surface area contributed by atoms with Gasteiger partial charge < -0.3 is 28.6 Å². The number of ether oxygens (including phenoxy) is 5. The Kier molecular flexibility index (Phi) is 9.46. The van der Waals surface area contributed by atoms with Crippen LogP contribution in [0.1, 0.15) is 35.4 Å². The summed E-state index contributed by atoms with van der Waals surface area (Å²) in [5.74, 6) is 2.36. The molecule has 246 valence electrons. The minimum absolute atomic E-state index is 0.0688. The minimum Gasteiger partial charge on any atom is -0.493 e. The predicted octanol–water partition coefficient (Wildman–Crippen LogP) is 4.97. The van der Waals surface area contributed by atoms with Crippen molar-refractivity contribution < 1.29 is 28.5 Å². The molecule has 6 heterocycles. The molecule has 1 aromatic carbocycles. The number of rotatable bonds is 12. The average Bonchev–Trinajstić information content (AvgIpc) is 3.10. The van der Waals surface area contributed by atoms with Crippen molar-refractivity contribution in [2.75, 3.05) is 77.8 Å². The highest BCUT2D eigenvalue weighted by molar-refractivity contribution is 5.96. The van der Waals surface area contributed by atoms with Crippen LogP contribution in [0, 0.1) is 5.41 Å². The molecule has 7 rings (SSSR count). The summed E-state index contributed by atoms with van der Waals surface area (Å²) in [6, 6.07) is 13.1. The Labute approximate surface area is 274 Å². The number of pyridine rings is 3. The average molecular weight is 640 g/mol. The Morgan fingerprint density at radius 1 is 0.894 bits per heavy atom. The van der Waals surface area contributed by atoms with Crippen LogP contribution >= 0.6 is 0 Å². The van der Waals surface area contributed by atoms with E-state index in [1.54, 1.807) is 25.7 Å². The number of hydrogen-bond acceptors (Lipinski definition) is 11. The second kappa shape index (κ2) is 14.2. The molecular formula is C36H41N5O6. The topological polar surface area (TPSA) is 108 Å². The zero-order valence-corrected chi connectivity index (χ0v) is 26.9. The predicted molar refractivity (Wildman–Crippen MR) is 177 cm³/mol. The second-order valence-corrected chi connectivity index (χ2v) is 12.5. The third-order valence-corrected chi connectivity index (χ3v) is 9.33. The fraction of sp³-hybridized carbons (Fsp3) is 0.444. The summed E-state index contributed by atoms with van der Waals surface area (Å²) in [4.78, 5) is 31.3. The number of anilines is 1. The van der Waals surface area contributed by atoms with Crippen LogP contribution < -0.4 is 19.1 Å². The van der Waals surface area contributed by atoms with Gasteiger partial charge in [0.15, 0.2) is 17.3 Å². The molecule has 0 unspecified atom stereocenters. The number of fused-ring (bicyclic) bond motifs is 1. The van der Waals surface area contributed by atoms with Crippen molar-refractivity contribution in [1.82, 2.24) is 19.9 Å². The lowest BCUT2D eigenvalue weighted by Gasteiger charge is -2.53. The molecule has 0 aliphatic carbocycles. The molecule has 3 aliphatic rings. The first-order valence-corrected chi connectivity index (χ1v) is 16.4. The van der Waals surface area contributed by atoms with Gasteiger partial charge in [-0.25, -0.2) is 0 Å². The summed E-state index contributed by atoms with van der Waals surface area (Å²) >= 11 is 0. The SMILES string of the molecule is COc1cc2c(Oc3ccc(CC(=O)c4cc(N5CC6(CCOCC6)C5)ccn4)nc3)ccnc2cc1OCCCN1CCOCC1. The maximum Gasteiger partial charge on any atom is 0.187 e. The molecular weight excluding hydrogens is 598 g/mol. The lowest BCUT2D eigenvalue weighted by atomic mass is 9.73. The summed E-state index contributed by atoms with van der Waals surface area (Å²) in [6.45, 7) is 8.73. The molecule has 0 bridgehead atoms. The van der Waals surface area contributed by atoms with E-state index in [-0.39, 0.29) is 12.2 Å². The summed E-state index contributed by atoms with van der Waals surface area (Å²) in [7, 11) is 1.63. The van der Waals surface area contributed by atoms with Crippen LogP contribution in [0.5, 0.6) is 23.0 Å². The van der Waals surface area contributed by atoms with Gasteiger partial charge in [-0.3, -0.25) is 24.6 Å². The van der Waals surface area contributed by atoms with E-state index in [4.69, 9.17) is 23.7 Å². The second-order valence-electron chi connectivity index (χ2n) is 12.5. The first-order chi connectivity index (χ1) is 23.1. The van der Waals surface area contributed by atoms with Crippen LogP contribution in [0.2, 0.25) is 0 Å². The molecule has 11 heteroatoms. The fourth-order valence-electron chi connectivity index (χ4n) is 6.58. The van der Waals surface area contributed by atoms with Crippen molar-refractivity contribution in [3.63, 3.8) is 0 Å². The summed E-state index contributed by atoms with van der Waals surface area (Å²) in [5.41, 5.74) is 3.24. The van der Waals surface area contributed by atoms with E-state index in [1.807, 2.05) is 42.5 Å². The van der Waals surface area contributed by atoms with E-state index in [1.165, 1.54) is 0 Å². The van der Waals surface area contributed by atoms with Gasteiger partial charge in [0, 0.05) is 86.6 Å². The molecule has 0 radical (unpaired) electrons. The van der Waals surface area contributed by atoms with Gasteiger partial charge in [0.25, 0.3) is 0 Å². The third-order valence-electron chi connectivity index (χ3n) is 9.33. The standard InChI is InChI=1S/C36H41N5O6/c1-43-34-21-29-30(22-35(34)46-14-2-11-40-12-17-45-18-13-40)37-10-6-33(29)47-28-4-3-26(39-23-28)19-32(42)31-20-27(5-9-38-31)41-24-36(25-41)7-15-44-16-8-36/h3-6,9-10,20-23H,2,7-8,11-19,24-25H2,1H3. The number of nitrogens with zero attached hydrogens (tertiary/aromatic N) is 5. The Morgan fingerprint density at radius 2 is 1.70 bits per heavy atom. The molecule has 0 saturated carbocycles. The smallest absolute Gasteiger partial charge is 0.187 e. The number of methoxy groups -OCH3 is 1. The van der Waals surface area contributed by atoms with Gasteiger partial charge in [-0.2, -0.15) is 0 Å². The number of carbonyl (C=O) groups excluding carboxylic acids is 1. The molecule has 3 aliphatic heterocycles. The number of ketones is 1. The Morgan fingerprint density at radius 3 is 2.49 bits per heavy atom. The summed E-state index contributed by atoms with van der Waals surface area (Å²) in [6.07, 6.45) is 8.32. The number of carbonyl (C=O) groups is 1. The third kappa shape index (κ3) is 7.32. The van der Waals surface area contributed by atoms with Crippen molar-refractivity contribution in [3.05, 3.63) is 72.4 Å². The van der Waals surface area contributed by atoms with Crippen LogP contribution in [0.15, 0.2) is 61.1 Å². The Hall–Kier alpha value is -4.32. The monoisotopic (exact) mass is 639 g/mol. The van der Waals surface area contributed by atoms with Crippen LogP contribution in [-0.2, 0) is 15.9 Å². The first-order valence-electron chi connectivity index (χ1n) is 16.4. The molecule has 0 amide bonds. The molecule has 0 atom stereocenters. The minimum atomic E-state index is -0.0688. The lowest BCUT2D eigenvalue weighted by Crippen LogP contribution is -2.58. The van der Waals surface area contributed by atoms with E-state index in [2.05, 4.69) is 24.8 Å². The molecule has 3 saturated heterocycles. The molecule has 3 fully saturated rings. The normalized spacial score (nSPS) is 17.8. The van der Waals surface area contributed by atoms with Crippen LogP contribution in [0.4, 0.5) is 5.69 Å². The maximum atomic E-state index is 13.2. The van der Waals surface area contributed by atoms with Crippen molar-refractivity contribution in [1.29, 1.82) is 0 Å². The van der Waals surface area contributed by atoms with E-state index in [0.717, 1.165) is 95.0 Å². The van der Waals surface area contributed by atoms with Gasteiger partial charge in [0.05, 0.1) is 45.1 Å². The molecule has 11 nitrogen and oxygen atoms in total.